The number of carboxylic acid groups (broad SMARTS) is 1. The topological polar surface area (TPSA) is 62.2 Å². The molecule has 2 N–H and O–H groups in total. The predicted octanol–water partition coefficient (Wildman–Crippen LogP) is 1.76. The van der Waals surface area contributed by atoms with Gasteiger partial charge in [0.05, 0.1) is 5.69 Å². The molecule has 0 bridgehead atoms. The molecule has 0 aliphatic rings. The maximum absolute atomic E-state index is 11.0. The number of carbonyl (C=O) groups is 1. The number of aromatic carboxylic acids is 1. The van der Waals surface area contributed by atoms with Crippen molar-refractivity contribution in [3.8, 4) is 0 Å². The van der Waals surface area contributed by atoms with Gasteiger partial charge in [0.2, 0.25) is 0 Å². The summed E-state index contributed by atoms with van der Waals surface area (Å²) in [6, 6.07) is 0. The fourth-order valence-electron chi connectivity index (χ4n) is 1.32. The van der Waals surface area contributed by atoms with Crippen molar-refractivity contribution in [2.45, 2.75) is 26.8 Å². The molecule has 4 nitrogen and oxygen atoms in total. The molecule has 0 fully saturated rings. The van der Waals surface area contributed by atoms with Gasteiger partial charge in [0.1, 0.15) is 9.88 Å². The first kappa shape index (κ1) is 12.1. The van der Waals surface area contributed by atoms with Crippen molar-refractivity contribution in [2.24, 2.45) is 5.92 Å². The standard InChI is InChI=1S/C10H16N2O2S/c1-6(2)4-7-9(10(13)14)15-8(12-7)5-11-3/h6,11H,4-5H2,1-3H3,(H,13,14). The molecule has 0 amide bonds. The molecule has 15 heavy (non-hydrogen) atoms. The Bertz CT molecular complexity index is 347. The molecule has 0 radical (unpaired) electrons. The molecule has 0 aliphatic heterocycles. The number of rotatable bonds is 5. The van der Waals surface area contributed by atoms with Gasteiger partial charge in [-0.15, -0.1) is 11.3 Å². The SMILES string of the molecule is CNCc1nc(CC(C)C)c(C(=O)O)s1. The lowest BCUT2D eigenvalue weighted by atomic mass is 10.1. The van der Waals surface area contributed by atoms with E-state index < -0.39 is 5.97 Å². The molecule has 5 heteroatoms. The van der Waals surface area contributed by atoms with E-state index in [-0.39, 0.29) is 0 Å². The van der Waals surface area contributed by atoms with Crippen LogP contribution in [0.25, 0.3) is 0 Å². The summed E-state index contributed by atoms with van der Waals surface area (Å²) in [7, 11) is 1.82. The van der Waals surface area contributed by atoms with E-state index in [1.165, 1.54) is 11.3 Å². The Morgan fingerprint density at radius 1 is 1.60 bits per heavy atom. The molecule has 1 aromatic heterocycles. The molecule has 0 unspecified atom stereocenters. The van der Waals surface area contributed by atoms with Crippen LogP contribution in [0.4, 0.5) is 0 Å². The summed E-state index contributed by atoms with van der Waals surface area (Å²) < 4.78 is 0. The summed E-state index contributed by atoms with van der Waals surface area (Å²) in [4.78, 5) is 15.7. The van der Waals surface area contributed by atoms with Crippen LogP contribution >= 0.6 is 11.3 Å². The lowest BCUT2D eigenvalue weighted by Crippen LogP contribution is -2.05. The van der Waals surface area contributed by atoms with E-state index in [1.807, 2.05) is 7.05 Å². The average Bonchev–Trinajstić information content (AvgIpc) is 2.47. The summed E-state index contributed by atoms with van der Waals surface area (Å²) in [5.41, 5.74) is 0.716. The summed E-state index contributed by atoms with van der Waals surface area (Å²) >= 11 is 1.26. The first-order valence-electron chi connectivity index (χ1n) is 4.91. The third-order valence-corrected chi connectivity index (χ3v) is 2.95. The molecule has 0 spiro atoms. The van der Waals surface area contributed by atoms with Gasteiger partial charge in [0.25, 0.3) is 0 Å². The van der Waals surface area contributed by atoms with Crippen molar-refractivity contribution < 1.29 is 9.90 Å². The van der Waals surface area contributed by atoms with Crippen molar-refractivity contribution >= 4 is 17.3 Å². The summed E-state index contributed by atoms with van der Waals surface area (Å²) in [5, 5.41) is 12.8. The number of thiazole rings is 1. The fraction of sp³-hybridized carbons (Fsp3) is 0.600. The lowest BCUT2D eigenvalue weighted by molar-refractivity contribution is 0.0700. The second-order valence-electron chi connectivity index (χ2n) is 3.82. The van der Waals surface area contributed by atoms with Crippen molar-refractivity contribution in [3.05, 3.63) is 15.6 Å². The summed E-state index contributed by atoms with van der Waals surface area (Å²) in [5.74, 6) is -0.446. The Hall–Kier alpha value is -0.940. The molecule has 0 saturated heterocycles. The number of aromatic nitrogens is 1. The van der Waals surface area contributed by atoms with E-state index in [0.717, 1.165) is 11.4 Å². The number of carboxylic acids is 1. The molecular weight excluding hydrogens is 212 g/mol. The Balaban J connectivity index is 2.95. The zero-order chi connectivity index (χ0) is 11.4. The predicted molar refractivity (Wildman–Crippen MR) is 60.4 cm³/mol. The third kappa shape index (κ3) is 3.28. The van der Waals surface area contributed by atoms with Crippen LogP contribution in [0.1, 0.15) is 34.2 Å². The Labute approximate surface area is 93.4 Å². The van der Waals surface area contributed by atoms with Crippen LogP contribution in [0.5, 0.6) is 0 Å². The quantitative estimate of drug-likeness (QED) is 0.806. The van der Waals surface area contributed by atoms with Gasteiger partial charge >= 0.3 is 5.97 Å². The Kier molecular flexibility index (Phi) is 4.23. The third-order valence-electron chi connectivity index (χ3n) is 1.87. The first-order chi connectivity index (χ1) is 7.04. The molecule has 0 saturated carbocycles. The highest BCUT2D eigenvalue weighted by atomic mass is 32.1. The van der Waals surface area contributed by atoms with Crippen molar-refractivity contribution in [1.29, 1.82) is 0 Å². The van der Waals surface area contributed by atoms with Gasteiger partial charge in [0, 0.05) is 6.54 Å². The van der Waals surface area contributed by atoms with Gasteiger partial charge in [0.15, 0.2) is 0 Å². The fourth-order valence-corrected chi connectivity index (χ4v) is 2.26. The van der Waals surface area contributed by atoms with Crippen LogP contribution in [0.3, 0.4) is 0 Å². The average molecular weight is 228 g/mol. The molecule has 1 heterocycles. The molecule has 0 aromatic carbocycles. The van der Waals surface area contributed by atoms with Gasteiger partial charge in [-0.1, -0.05) is 13.8 Å². The van der Waals surface area contributed by atoms with E-state index in [4.69, 9.17) is 5.11 Å². The van der Waals surface area contributed by atoms with Gasteiger partial charge in [-0.2, -0.15) is 0 Å². The van der Waals surface area contributed by atoms with Gasteiger partial charge in [-0.25, -0.2) is 9.78 Å². The van der Waals surface area contributed by atoms with Gasteiger partial charge < -0.3 is 10.4 Å². The van der Waals surface area contributed by atoms with Crippen LogP contribution in [-0.4, -0.2) is 23.1 Å². The van der Waals surface area contributed by atoms with Crippen LogP contribution in [0.2, 0.25) is 0 Å². The number of hydrogen-bond donors (Lipinski definition) is 2. The Morgan fingerprint density at radius 3 is 2.73 bits per heavy atom. The zero-order valence-corrected chi connectivity index (χ0v) is 10.0. The minimum Gasteiger partial charge on any atom is -0.477 e. The zero-order valence-electron chi connectivity index (χ0n) is 9.20. The molecule has 0 aliphatic carbocycles. The molecule has 1 rings (SSSR count). The smallest absolute Gasteiger partial charge is 0.347 e. The monoisotopic (exact) mass is 228 g/mol. The van der Waals surface area contributed by atoms with E-state index in [0.29, 0.717) is 23.0 Å². The van der Waals surface area contributed by atoms with E-state index >= 15 is 0 Å². The second kappa shape index (κ2) is 5.23. The number of hydrogen-bond acceptors (Lipinski definition) is 4. The van der Waals surface area contributed by atoms with Gasteiger partial charge in [-0.3, -0.25) is 0 Å². The van der Waals surface area contributed by atoms with Crippen LogP contribution < -0.4 is 5.32 Å². The van der Waals surface area contributed by atoms with Crippen molar-refractivity contribution in [1.82, 2.24) is 10.3 Å². The highest BCUT2D eigenvalue weighted by Gasteiger charge is 2.17. The first-order valence-corrected chi connectivity index (χ1v) is 5.72. The normalized spacial score (nSPS) is 10.9. The van der Waals surface area contributed by atoms with E-state index in [1.54, 1.807) is 0 Å². The van der Waals surface area contributed by atoms with E-state index in [2.05, 4.69) is 24.1 Å². The number of nitrogens with one attached hydrogen (secondary N) is 1. The van der Waals surface area contributed by atoms with Crippen LogP contribution in [-0.2, 0) is 13.0 Å². The second-order valence-corrected chi connectivity index (χ2v) is 4.90. The van der Waals surface area contributed by atoms with Crippen molar-refractivity contribution in [2.75, 3.05) is 7.05 Å². The van der Waals surface area contributed by atoms with E-state index in [9.17, 15) is 4.79 Å². The van der Waals surface area contributed by atoms with Crippen LogP contribution in [0, 0.1) is 5.92 Å². The highest BCUT2D eigenvalue weighted by molar-refractivity contribution is 7.13. The lowest BCUT2D eigenvalue weighted by Gasteiger charge is -2.01. The largest absolute Gasteiger partial charge is 0.477 e. The summed E-state index contributed by atoms with van der Waals surface area (Å²) in [6.45, 7) is 4.74. The minimum atomic E-state index is -0.870. The van der Waals surface area contributed by atoms with Crippen LogP contribution in [0.15, 0.2) is 0 Å². The molecular formula is C10H16N2O2S. The maximum atomic E-state index is 11.0. The van der Waals surface area contributed by atoms with Crippen molar-refractivity contribution in [3.63, 3.8) is 0 Å². The molecule has 1 aromatic rings. The highest BCUT2D eigenvalue weighted by Crippen LogP contribution is 2.21. The maximum Gasteiger partial charge on any atom is 0.347 e. The Morgan fingerprint density at radius 2 is 2.27 bits per heavy atom. The summed E-state index contributed by atoms with van der Waals surface area (Å²) in [6.07, 6.45) is 0.724. The molecule has 0 atom stereocenters. The molecule has 84 valence electrons. The number of nitrogens with zero attached hydrogens (tertiary/aromatic N) is 1. The minimum absolute atomic E-state index is 0.383. The van der Waals surface area contributed by atoms with Gasteiger partial charge in [-0.05, 0) is 19.4 Å².